The third kappa shape index (κ3) is 5.33. The Hall–Kier alpha value is -3.45. The van der Waals surface area contributed by atoms with Crippen molar-refractivity contribution in [3.63, 3.8) is 0 Å². The number of nitrogens with one attached hydrogen (secondary N) is 2. The quantitative estimate of drug-likeness (QED) is 0.613. The van der Waals surface area contributed by atoms with Gasteiger partial charge in [0.2, 0.25) is 11.8 Å². The number of rotatable bonds is 6. The number of hydrogen-bond acceptors (Lipinski definition) is 5. The Morgan fingerprint density at radius 2 is 1.73 bits per heavy atom. The molecule has 3 rings (SSSR count). The van der Waals surface area contributed by atoms with Crippen LogP contribution in [0.4, 0.5) is 11.4 Å². The zero-order valence-electron chi connectivity index (χ0n) is 17.5. The van der Waals surface area contributed by atoms with Crippen molar-refractivity contribution in [2.75, 3.05) is 31.3 Å². The van der Waals surface area contributed by atoms with Crippen LogP contribution in [0, 0.1) is 13.8 Å². The summed E-state index contributed by atoms with van der Waals surface area (Å²) < 4.78 is 5.25. The van der Waals surface area contributed by atoms with E-state index in [9.17, 15) is 14.4 Å². The van der Waals surface area contributed by atoms with Gasteiger partial charge in [-0.15, -0.1) is 0 Å². The number of likely N-dealkylation sites (N-methyl/N-ethyl adjacent to an activating group) is 1. The minimum atomic E-state index is -0.489. The zero-order valence-corrected chi connectivity index (χ0v) is 17.5. The fraction of sp³-hybridized carbons (Fsp3) is 0.261. The summed E-state index contributed by atoms with van der Waals surface area (Å²) in [4.78, 5) is 38.3. The molecular formula is C23H25N3O4. The molecule has 0 fully saturated rings. The van der Waals surface area contributed by atoms with Crippen molar-refractivity contribution >= 4 is 34.2 Å². The molecule has 0 unspecified atom stereocenters. The predicted molar refractivity (Wildman–Crippen MR) is 118 cm³/mol. The first-order valence-corrected chi connectivity index (χ1v) is 9.60. The van der Waals surface area contributed by atoms with Gasteiger partial charge in [0.05, 0.1) is 13.0 Å². The predicted octanol–water partition coefficient (Wildman–Crippen LogP) is 3.09. The second-order valence-electron chi connectivity index (χ2n) is 7.63. The van der Waals surface area contributed by atoms with Gasteiger partial charge in [0, 0.05) is 22.8 Å². The molecule has 3 aromatic rings. The van der Waals surface area contributed by atoms with E-state index in [1.165, 1.54) is 6.07 Å². The smallest absolute Gasteiger partial charge is 0.336 e. The number of amides is 2. The topological polar surface area (TPSA) is 91.7 Å². The number of nitrogens with zero attached hydrogens (tertiary/aromatic N) is 1. The van der Waals surface area contributed by atoms with Crippen molar-refractivity contribution in [1.82, 2.24) is 4.90 Å². The molecule has 0 aliphatic carbocycles. The highest BCUT2D eigenvalue weighted by molar-refractivity contribution is 5.97. The Bertz CT molecular complexity index is 1160. The molecule has 1 aromatic heterocycles. The lowest BCUT2D eigenvalue weighted by Crippen LogP contribution is -2.27. The van der Waals surface area contributed by atoms with E-state index in [-0.39, 0.29) is 24.8 Å². The molecule has 7 heteroatoms. The van der Waals surface area contributed by atoms with Crippen LogP contribution in [-0.2, 0) is 16.0 Å². The van der Waals surface area contributed by atoms with Crippen molar-refractivity contribution < 1.29 is 14.0 Å². The molecule has 2 amide bonds. The van der Waals surface area contributed by atoms with Gasteiger partial charge in [0.1, 0.15) is 5.58 Å². The van der Waals surface area contributed by atoms with E-state index in [2.05, 4.69) is 10.6 Å². The largest absolute Gasteiger partial charge is 0.423 e. The van der Waals surface area contributed by atoms with Gasteiger partial charge in [-0.2, -0.15) is 0 Å². The van der Waals surface area contributed by atoms with Gasteiger partial charge in [-0.1, -0.05) is 18.2 Å². The van der Waals surface area contributed by atoms with Crippen LogP contribution in [0.15, 0.2) is 51.7 Å². The fourth-order valence-corrected chi connectivity index (χ4v) is 3.17. The van der Waals surface area contributed by atoms with Crippen LogP contribution in [-0.4, -0.2) is 37.4 Å². The number of carbonyl (C=O) groups excluding carboxylic acids is 2. The van der Waals surface area contributed by atoms with Gasteiger partial charge in [-0.05, 0) is 62.8 Å². The molecule has 2 N–H and O–H groups in total. The molecule has 0 radical (unpaired) electrons. The summed E-state index contributed by atoms with van der Waals surface area (Å²) in [6.07, 6.45) is 0.0291. The van der Waals surface area contributed by atoms with E-state index < -0.39 is 5.63 Å². The van der Waals surface area contributed by atoms with Crippen LogP contribution < -0.4 is 16.3 Å². The number of fused-ring (bicyclic) bond motifs is 1. The Morgan fingerprint density at radius 3 is 2.47 bits per heavy atom. The molecule has 30 heavy (non-hydrogen) atoms. The van der Waals surface area contributed by atoms with Crippen LogP contribution in [0.1, 0.15) is 16.7 Å². The summed E-state index contributed by atoms with van der Waals surface area (Å²) >= 11 is 0. The second kappa shape index (κ2) is 8.92. The number of aryl methyl sites for hydroxylation is 2. The molecule has 0 aliphatic rings. The highest BCUT2D eigenvalue weighted by Crippen LogP contribution is 2.22. The fourth-order valence-electron chi connectivity index (χ4n) is 3.17. The van der Waals surface area contributed by atoms with Crippen LogP contribution >= 0.6 is 0 Å². The summed E-state index contributed by atoms with van der Waals surface area (Å²) in [7, 11) is 3.64. The summed E-state index contributed by atoms with van der Waals surface area (Å²) in [5.41, 5.74) is 3.64. The first-order chi connectivity index (χ1) is 14.2. The molecule has 0 saturated heterocycles. The SMILES string of the molecule is Cc1ccc2c(CC(=O)Nc3ccc(C)c(NC(=O)CN(C)C)c3)cc(=O)oc2c1. The zero-order chi connectivity index (χ0) is 21.8. The number of hydrogen-bond donors (Lipinski definition) is 2. The maximum atomic E-state index is 12.6. The molecule has 0 spiro atoms. The first-order valence-electron chi connectivity index (χ1n) is 9.60. The van der Waals surface area contributed by atoms with Crippen molar-refractivity contribution in [2.45, 2.75) is 20.3 Å². The number of anilines is 2. The van der Waals surface area contributed by atoms with E-state index in [4.69, 9.17) is 4.42 Å². The summed E-state index contributed by atoms with van der Waals surface area (Å²) in [5.74, 6) is -0.402. The molecule has 0 saturated carbocycles. The molecule has 0 aliphatic heterocycles. The average molecular weight is 407 g/mol. The number of carbonyl (C=O) groups is 2. The highest BCUT2D eigenvalue weighted by atomic mass is 16.4. The minimum Gasteiger partial charge on any atom is -0.423 e. The van der Waals surface area contributed by atoms with Gasteiger partial charge in [0.25, 0.3) is 0 Å². The van der Waals surface area contributed by atoms with Crippen LogP contribution in [0.25, 0.3) is 11.0 Å². The standard InChI is InChI=1S/C23H25N3O4/c1-14-5-8-18-16(11-23(29)30-20(18)9-14)10-21(27)24-17-7-6-15(2)19(12-17)25-22(28)13-26(3)4/h5-9,11-12H,10,13H2,1-4H3,(H,24,27)(H,25,28). The lowest BCUT2D eigenvalue weighted by atomic mass is 10.1. The lowest BCUT2D eigenvalue weighted by molar-refractivity contribution is -0.117. The maximum absolute atomic E-state index is 12.6. The van der Waals surface area contributed by atoms with Crippen molar-refractivity contribution in [1.29, 1.82) is 0 Å². The van der Waals surface area contributed by atoms with E-state index in [1.807, 2.05) is 46.1 Å². The summed E-state index contributed by atoms with van der Waals surface area (Å²) in [5, 5.41) is 6.42. The van der Waals surface area contributed by atoms with Crippen molar-refractivity contribution in [3.05, 3.63) is 69.6 Å². The van der Waals surface area contributed by atoms with E-state index >= 15 is 0 Å². The van der Waals surface area contributed by atoms with E-state index in [1.54, 1.807) is 23.1 Å². The van der Waals surface area contributed by atoms with Gasteiger partial charge in [-0.25, -0.2) is 4.79 Å². The van der Waals surface area contributed by atoms with Gasteiger partial charge in [0.15, 0.2) is 0 Å². The Morgan fingerprint density at radius 1 is 0.967 bits per heavy atom. The van der Waals surface area contributed by atoms with Crippen molar-refractivity contribution in [2.24, 2.45) is 0 Å². The molecule has 0 atom stereocenters. The highest BCUT2D eigenvalue weighted by Gasteiger charge is 2.12. The number of benzene rings is 2. The van der Waals surface area contributed by atoms with Gasteiger partial charge >= 0.3 is 5.63 Å². The average Bonchev–Trinajstić information content (AvgIpc) is 2.63. The van der Waals surface area contributed by atoms with Crippen LogP contribution in [0.5, 0.6) is 0 Å². The van der Waals surface area contributed by atoms with Gasteiger partial charge < -0.3 is 20.0 Å². The minimum absolute atomic E-state index is 0.0291. The Kier molecular flexibility index (Phi) is 6.32. The Balaban J connectivity index is 1.77. The van der Waals surface area contributed by atoms with Crippen LogP contribution in [0.2, 0.25) is 0 Å². The Labute approximate surface area is 174 Å². The molecule has 1 heterocycles. The monoisotopic (exact) mass is 407 g/mol. The summed E-state index contributed by atoms with van der Waals surface area (Å²) in [6.45, 7) is 4.05. The van der Waals surface area contributed by atoms with Gasteiger partial charge in [-0.3, -0.25) is 9.59 Å². The molecule has 2 aromatic carbocycles. The third-order valence-electron chi connectivity index (χ3n) is 4.59. The normalized spacial score (nSPS) is 11.0. The lowest BCUT2D eigenvalue weighted by Gasteiger charge is -2.14. The second-order valence-corrected chi connectivity index (χ2v) is 7.63. The third-order valence-corrected chi connectivity index (χ3v) is 4.59. The van der Waals surface area contributed by atoms with Crippen molar-refractivity contribution in [3.8, 4) is 0 Å². The van der Waals surface area contributed by atoms with E-state index in [0.717, 1.165) is 16.5 Å². The molecule has 0 bridgehead atoms. The first kappa shape index (κ1) is 21.3. The maximum Gasteiger partial charge on any atom is 0.336 e. The molecule has 156 valence electrons. The summed E-state index contributed by atoms with van der Waals surface area (Å²) in [6, 6.07) is 12.2. The molecule has 7 nitrogen and oxygen atoms in total. The molecular weight excluding hydrogens is 382 g/mol. The van der Waals surface area contributed by atoms with E-state index in [0.29, 0.717) is 22.5 Å². The van der Waals surface area contributed by atoms with Crippen LogP contribution in [0.3, 0.4) is 0 Å².